The topological polar surface area (TPSA) is 64.3 Å². The van der Waals surface area contributed by atoms with Crippen LogP contribution in [0.2, 0.25) is 0 Å². The lowest BCUT2D eigenvalue weighted by Gasteiger charge is -2.34. The zero-order valence-electron chi connectivity index (χ0n) is 16.1. The monoisotopic (exact) mass is 367 g/mol. The van der Waals surface area contributed by atoms with E-state index in [0.717, 1.165) is 44.7 Å². The van der Waals surface area contributed by atoms with Gasteiger partial charge in [0.2, 0.25) is 0 Å². The third kappa shape index (κ3) is 4.16. The van der Waals surface area contributed by atoms with E-state index in [0.29, 0.717) is 12.1 Å². The number of rotatable bonds is 4. The van der Waals surface area contributed by atoms with E-state index < -0.39 is 0 Å². The number of aryl methyl sites for hydroxylation is 1. The van der Waals surface area contributed by atoms with Gasteiger partial charge in [0.1, 0.15) is 0 Å². The molecule has 1 fully saturated rings. The largest absolute Gasteiger partial charge is 0.369 e. The first-order valence-corrected chi connectivity index (χ1v) is 10.1. The summed E-state index contributed by atoms with van der Waals surface area (Å²) in [6.45, 7) is 4.72. The highest BCUT2D eigenvalue weighted by Gasteiger charge is 2.17. The number of carbonyl (C=O) groups is 1. The van der Waals surface area contributed by atoms with Crippen LogP contribution in [0, 0.1) is 0 Å². The fraction of sp³-hybridized carbons (Fsp3) is 0.524. The number of likely N-dealkylation sites (N-methyl/N-ethyl adjacent to an activating group) is 1. The molecule has 0 atom stereocenters. The molecule has 2 aromatic rings. The predicted molar refractivity (Wildman–Crippen MR) is 107 cm³/mol. The van der Waals surface area contributed by atoms with Gasteiger partial charge in [0.15, 0.2) is 0 Å². The van der Waals surface area contributed by atoms with E-state index in [1.54, 1.807) is 0 Å². The fourth-order valence-electron chi connectivity index (χ4n) is 4.03. The van der Waals surface area contributed by atoms with Crippen molar-refractivity contribution in [3.63, 3.8) is 0 Å². The van der Waals surface area contributed by atoms with Gasteiger partial charge in [-0.25, -0.2) is 0 Å². The first kappa shape index (κ1) is 18.0. The molecule has 0 bridgehead atoms. The Morgan fingerprint density at radius 1 is 1.07 bits per heavy atom. The lowest BCUT2D eigenvalue weighted by Crippen LogP contribution is -2.44. The van der Waals surface area contributed by atoms with E-state index in [1.165, 1.54) is 36.2 Å². The second-order valence-corrected chi connectivity index (χ2v) is 7.71. The number of nitrogens with one attached hydrogen (secondary N) is 2. The quantitative estimate of drug-likeness (QED) is 0.815. The van der Waals surface area contributed by atoms with Crippen molar-refractivity contribution >= 4 is 11.6 Å². The maximum Gasteiger partial charge on any atom is 0.251 e. The molecule has 1 saturated heterocycles. The van der Waals surface area contributed by atoms with Crippen molar-refractivity contribution in [2.75, 3.05) is 38.1 Å². The second kappa shape index (κ2) is 8.13. The number of fused-ring (bicyclic) bond motifs is 1. The summed E-state index contributed by atoms with van der Waals surface area (Å²) >= 11 is 0. The molecule has 4 rings (SSSR count). The van der Waals surface area contributed by atoms with Crippen LogP contribution >= 0.6 is 0 Å². The highest BCUT2D eigenvalue weighted by molar-refractivity contribution is 5.94. The van der Waals surface area contributed by atoms with Crippen molar-refractivity contribution in [1.29, 1.82) is 0 Å². The van der Waals surface area contributed by atoms with Gasteiger partial charge in [-0.05, 0) is 62.6 Å². The van der Waals surface area contributed by atoms with E-state index in [-0.39, 0.29) is 5.91 Å². The third-order valence-corrected chi connectivity index (χ3v) is 5.81. The number of nitrogens with zero attached hydrogens (tertiary/aromatic N) is 3. The molecule has 27 heavy (non-hydrogen) atoms. The number of aromatic amines is 1. The minimum absolute atomic E-state index is 0.0368. The second-order valence-electron chi connectivity index (χ2n) is 7.71. The lowest BCUT2D eigenvalue weighted by molar-refractivity contribution is 0.0950. The van der Waals surface area contributed by atoms with Crippen LogP contribution in [0.25, 0.3) is 0 Å². The molecule has 1 amide bonds. The Labute approximate surface area is 160 Å². The van der Waals surface area contributed by atoms with Crippen molar-refractivity contribution in [1.82, 2.24) is 20.4 Å². The maximum absolute atomic E-state index is 12.5. The van der Waals surface area contributed by atoms with E-state index in [1.807, 2.05) is 12.1 Å². The number of hydrogen-bond donors (Lipinski definition) is 2. The summed E-state index contributed by atoms with van der Waals surface area (Å²) in [6.07, 6.45) is 5.84. The van der Waals surface area contributed by atoms with Crippen molar-refractivity contribution in [3.8, 4) is 0 Å². The Morgan fingerprint density at radius 3 is 2.59 bits per heavy atom. The highest BCUT2D eigenvalue weighted by atomic mass is 16.1. The Bertz CT molecular complexity index is 774. The van der Waals surface area contributed by atoms with Gasteiger partial charge in [-0.2, -0.15) is 5.10 Å². The first-order valence-electron chi connectivity index (χ1n) is 10.1. The minimum atomic E-state index is -0.0368. The molecule has 2 aliphatic rings. The summed E-state index contributed by atoms with van der Waals surface area (Å²) in [5, 5.41) is 10.6. The van der Waals surface area contributed by atoms with E-state index >= 15 is 0 Å². The summed E-state index contributed by atoms with van der Waals surface area (Å²) in [4.78, 5) is 17.3. The zero-order valence-corrected chi connectivity index (χ0v) is 16.1. The Morgan fingerprint density at radius 2 is 1.81 bits per heavy atom. The molecular weight excluding hydrogens is 338 g/mol. The van der Waals surface area contributed by atoms with Crippen LogP contribution in [-0.4, -0.2) is 54.2 Å². The summed E-state index contributed by atoms with van der Waals surface area (Å²) in [6, 6.07) is 7.96. The minimum Gasteiger partial charge on any atom is -0.369 e. The van der Waals surface area contributed by atoms with Crippen LogP contribution in [0.15, 0.2) is 24.3 Å². The lowest BCUT2D eigenvalue weighted by atomic mass is 10.1. The summed E-state index contributed by atoms with van der Waals surface area (Å²) < 4.78 is 0. The Balaban J connectivity index is 1.35. The average molecular weight is 367 g/mol. The van der Waals surface area contributed by atoms with Crippen LogP contribution in [0.1, 0.15) is 46.6 Å². The molecule has 1 aromatic carbocycles. The van der Waals surface area contributed by atoms with Gasteiger partial charge in [-0.3, -0.25) is 9.89 Å². The number of amides is 1. The molecule has 1 aromatic heterocycles. The highest BCUT2D eigenvalue weighted by Crippen LogP contribution is 2.22. The molecule has 144 valence electrons. The van der Waals surface area contributed by atoms with Gasteiger partial charge < -0.3 is 15.1 Å². The van der Waals surface area contributed by atoms with Gasteiger partial charge in [0, 0.05) is 43.1 Å². The standard InChI is InChI=1S/C21H29N5O/c1-25-11-13-26(14-12-25)17-9-7-16(8-10-17)21(27)22-15-20-18-5-3-2-4-6-19(18)23-24-20/h7-10H,2-6,11-15H2,1H3,(H,22,27)(H,23,24). The summed E-state index contributed by atoms with van der Waals surface area (Å²) in [7, 11) is 2.16. The SMILES string of the molecule is CN1CCN(c2ccc(C(=O)NCc3n[nH]c4c3CCCCC4)cc2)CC1. The van der Waals surface area contributed by atoms with Crippen LogP contribution < -0.4 is 10.2 Å². The molecule has 6 nitrogen and oxygen atoms in total. The van der Waals surface area contributed by atoms with Crippen molar-refractivity contribution < 1.29 is 4.79 Å². The molecule has 0 unspecified atom stereocenters. The van der Waals surface area contributed by atoms with E-state index in [9.17, 15) is 4.79 Å². The zero-order chi connectivity index (χ0) is 18.6. The number of H-pyrrole nitrogens is 1. The first-order chi connectivity index (χ1) is 13.2. The van der Waals surface area contributed by atoms with Crippen molar-refractivity contribution in [2.45, 2.75) is 38.6 Å². The van der Waals surface area contributed by atoms with Gasteiger partial charge in [-0.1, -0.05) is 6.42 Å². The molecular formula is C21H29N5O. The molecule has 0 saturated carbocycles. The molecule has 2 N–H and O–H groups in total. The van der Waals surface area contributed by atoms with Gasteiger partial charge in [0.25, 0.3) is 5.91 Å². The number of piperazine rings is 1. The number of anilines is 1. The van der Waals surface area contributed by atoms with E-state index in [2.05, 4.69) is 44.5 Å². The molecule has 6 heteroatoms. The van der Waals surface area contributed by atoms with Gasteiger partial charge >= 0.3 is 0 Å². The van der Waals surface area contributed by atoms with E-state index in [4.69, 9.17) is 0 Å². The van der Waals surface area contributed by atoms with Crippen LogP contribution in [0.4, 0.5) is 5.69 Å². The molecule has 0 spiro atoms. The number of hydrogen-bond acceptors (Lipinski definition) is 4. The van der Waals surface area contributed by atoms with Crippen LogP contribution in [-0.2, 0) is 19.4 Å². The predicted octanol–water partition coefficient (Wildman–Crippen LogP) is 2.36. The van der Waals surface area contributed by atoms with Crippen molar-refractivity contribution in [3.05, 3.63) is 46.8 Å². The number of benzene rings is 1. The average Bonchev–Trinajstić information content (AvgIpc) is 2.93. The smallest absolute Gasteiger partial charge is 0.251 e. The summed E-state index contributed by atoms with van der Waals surface area (Å²) in [5.74, 6) is -0.0368. The number of carbonyl (C=O) groups excluding carboxylic acids is 1. The normalized spacial score (nSPS) is 18.0. The van der Waals surface area contributed by atoms with Crippen molar-refractivity contribution in [2.24, 2.45) is 0 Å². The molecule has 1 aliphatic carbocycles. The molecule has 1 aliphatic heterocycles. The van der Waals surface area contributed by atoms with Gasteiger partial charge in [0.05, 0.1) is 12.2 Å². The van der Waals surface area contributed by atoms with Gasteiger partial charge in [-0.15, -0.1) is 0 Å². The molecule has 2 heterocycles. The number of aromatic nitrogens is 2. The molecule has 0 radical (unpaired) electrons. The fourth-order valence-corrected chi connectivity index (χ4v) is 4.03. The van der Waals surface area contributed by atoms with Crippen LogP contribution in [0.3, 0.4) is 0 Å². The maximum atomic E-state index is 12.5. The summed E-state index contributed by atoms with van der Waals surface area (Å²) in [5.41, 5.74) is 5.47. The Hall–Kier alpha value is -2.34. The van der Waals surface area contributed by atoms with Crippen LogP contribution in [0.5, 0.6) is 0 Å². The third-order valence-electron chi connectivity index (χ3n) is 5.81. The Kier molecular flexibility index (Phi) is 5.43.